The van der Waals surface area contributed by atoms with Crippen LogP contribution in [0.25, 0.3) is 10.6 Å². The van der Waals surface area contributed by atoms with Gasteiger partial charge in [-0.25, -0.2) is 9.97 Å². The largest absolute Gasteiger partial charge is 0.359 e. The van der Waals surface area contributed by atoms with E-state index in [1.165, 1.54) is 17.7 Å². The molecule has 0 spiro atoms. The molecule has 16 heavy (non-hydrogen) atoms. The molecule has 1 saturated carbocycles. The van der Waals surface area contributed by atoms with Crippen molar-refractivity contribution in [2.75, 3.05) is 5.32 Å². The van der Waals surface area contributed by atoms with Crippen LogP contribution in [0.15, 0.2) is 5.38 Å². The van der Waals surface area contributed by atoms with E-state index in [0.29, 0.717) is 6.04 Å². The topological polar surface area (TPSA) is 37.8 Å². The van der Waals surface area contributed by atoms with E-state index in [-0.39, 0.29) is 0 Å². The Labute approximate surface area is 103 Å². The van der Waals surface area contributed by atoms with Gasteiger partial charge < -0.3 is 5.32 Å². The van der Waals surface area contributed by atoms with Crippen molar-refractivity contribution in [2.45, 2.75) is 32.7 Å². The number of nitrogens with zero attached hydrogens (tertiary/aromatic N) is 2. The molecule has 5 heteroatoms. The van der Waals surface area contributed by atoms with Crippen LogP contribution in [0.4, 0.5) is 5.13 Å². The summed E-state index contributed by atoms with van der Waals surface area (Å²) < 4.78 is 0. The predicted octanol–water partition coefficient (Wildman–Crippen LogP) is 3.46. The average Bonchev–Trinajstić information content (AvgIpc) is 2.80. The van der Waals surface area contributed by atoms with E-state index in [9.17, 15) is 0 Å². The second-order valence-electron chi connectivity index (χ2n) is 4.10. The second-order valence-corrected chi connectivity index (χ2v) is 6.17. The standard InChI is InChI=1S/C11H13N3S2/c1-6-10(16-7(2)12-6)9-5-15-11(14-9)13-8-3-4-8/h5,8H,3-4H2,1-2H3,(H,13,14). The summed E-state index contributed by atoms with van der Waals surface area (Å²) in [5.41, 5.74) is 2.15. The van der Waals surface area contributed by atoms with Crippen LogP contribution in [0.1, 0.15) is 23.5 Å². The Balaban J connectivity index is 1.87. The molecule has 84 valence electrons. The normalized spacial score (nSPS) is 15.4. The van der Waals surface area contributed by atoms with Gasteiger partial charge in [0.15, 0.2) is 5.13 Å². The zero-order valence-corrected chi connectivity index (χ0v) is 10.9. The summed E-state index contributed by atoms with van der Waals surface area (Å²) in [5.74, 6) is 0. The molecule has 0 radical (unpaired) electrons. The summed E-state index contributed by atoms with van der Waals surface area (Å²) in [5, 5.41) is 7.69. The number of hydrogen-bond donors (Lipinski definition) is 1. The molecule has 2 heterocycles. The summed E-state index contributed by atoms with van der Waals surface area (Å²) in [6, 6.07) is 0.670. The van der Waals surface area contributed by atoms with E-state index in [1.807, 2.05) is 13.8 Å². The Morgan fingerprint density at radius 2 is 2.12 bits per heavy atom. The summed E-state index contributed by atoms with van der Waals surface area (Å²) in [6.45, 7) is 4.09. The molecule has 0 aromatic carbocycles. The molecule has 1 fully saturated rings. The lowest BCUT2D eigenvalue weighted by Gasteiger charge is -1.96. The number of hydrogen-bond acceptors (Lipinski definition) is 5. The number of aryl methyl sites for hydroxylation is 2. The maximum atomic E-state index is 4.61. The SMILES string of the molecule is Cc1nc(C)c(-c2csc(NC3CC3)n2)s1. The highest BCUT2D eigenvalue weighted by molar-refractivity contribution is 7.16. The van der Waals surface area contributed by atoms with Crippen LogP contribution in [0.5, 0.6) is 0 Å². The highest BCUT2D eigenvalue weighted by Gasteiger charge is 2.22. The van der Waals surface area contributed by atoms with Crippen molar-refractivity contribution in [3.8, 4) is 10.6 Å². The van der Waals surface area contributed by atoms with Crippen molar-refractivity contribution in [2.24, 2.45) is 0 Å². The van der Waals surface area contributed by atoms with Crippen molar-refractivity contribution in [3.05, 3.63) is 16.1 Å². The van der Waals surface area contributed by atoms with Gasteiger partial charge in [0.05, 0.1) is 21.3 Å². The quantitative estimate of drug-likeness (QED) is 0.907. The second kappa shape index (κ2) is 3.82. The van der Waals surface area contributed by atoms with E-state index in [2.05, 4.69) is 20.7 Å². The van der Waals surface area contributed by atoms with Crippen LogP contribution < -0.4 is 5.32 Å². The molecule has 0 amide bonds. The van der Waals surface area contributed by atoms with Crippen molar-refractivity contribution < 1.29 is 0 Å². The highest BCUT2D eigenvalue weighted by Crippen LogP contribution is 2.33. The van der Waals surface area contributed by atoms with E-state index in [4.69, 9.17) is 0 Å². The van der Waals surface area contributed by atoms with Crippen LogP contribution in [-0.2, 0) is 0 Å². The Hall–Kier alpha value is -0.940. The van der Waals surface area contributed by atoms with Gasteiger partial charge in [-0.2, -0.15) is 0 Å². The van der Waals surface area contributed by atoms with Gasteiger partial charge in [-0.3, -0.25) is 0 Å². The van der Waals surface area contributed by atoms with Crippen LogP contribution in [0, 0.1) is 13.8 Å². The number of nitrogens with one attached hydrogen (secondary N) is 1. The molecule has 1 N–H and O–H groups in total. The fourth-order valence-electron chi connectivity index (χ4n) is 1.62. The number of thiazole rings is 2. The monoisotopic (exact) mass is 251 g/mol. The molecule has 1 aliphatic carbocycles. The molecule has 3 rings (SSSR count). The molecule has 3 nitrogen and oxygen atoms in total. The molecule has 0 atom stereocenters. The fourth-order valence-corrected chi connectivity index (χ4v) is 3.35. The third-order valence-electron chi connectivity index (χ3n) is 2.55. The van der Waals surface area contributed by atoms with Gasteiger partial charge in [-0.1, -0.05) is 0 Å². The maximum Gasteiger partial charge on any atom is 0.183 e. The van der Waals surface area contributed by atoms with Gasteiger partial charge in [0, 0.05) is 11.4 Å². The van der Waals surface area contributed by atoms with Crippen molar-refractivity contribution in [1.29, 1.82) is 0 Å². The van der Waals surface area contributed by atoms with Gasteiger partial charge in [-0.05, 0) is 26.7 Å². The molecule has 0 saturated heterocycles. The first kappa shape index (κ1) is 10.2. The fraction of sp³-hybridized carbons (Fsp3) is 0.455. The summed E-state index contributed by atoms with van der Waals surface area (Å²) >= 11 is 3.41. The molecule has 0 bridgehead atoms. The Kier molecular flexibility index (Phi) is 2.44. The zero-order valence-electron chi connectivity index (χ0n) is 9.28. The highest BCUT2D eigenvalue weighted by atomic mass is 32.1. The van der Waals surface area contributed by atoms with Crippen molar-refractivity contribution in [1.82, 2.24) is 9.97 Å². The molecule has 0 aliphatic heterocycles. The van der Waals surface area contributed by atoms with Gasteiger partial charge in [-0.15, -0.1) is 22.7 Å². The van der Waals surface area contributed by atoms with E-state index in [1.54, 1.807) is 22.7 Å². The minimum absolute atomic E-state index is 0.670. The lowest BCUT2D eigenvalue weighted by Crippen LogP contribution is -1.99. The lowest BCUT2D eigenvalue weighted by molar-refractivity contribution is 1.14. The van der Waals surface area contributed by atoms with Crippen LogP contribution in [-0.4, -0.2) is 16.0 Å². The third-order valence-corrected chi connectivity index (χ3v) is 4.41. The third kappa shape index (κ3) is 1.97. The molecule has 0 unspecified atom stereocenters. The molecule has 1 aliphatic rings. The van der Waals surface area contributed by atoms with Crippen LogP contribution in [0.3, 0.4) is 0 Å². The molecular weight excluding hydrogens is 238 g/mol. The number of rotatable bonds is 3. The zero-order chi connectivity index (χ0) is 11.1. The van der Waals surface area contributed by atoms with Gasteiger partial charge in [0.25, 0.3) is 0 Å². The van der Waals surface area contributed by atoms with Crippen LogP contribution >= 0.6 is 22.7 Å². The number of aromatic nitrogens is 2. The molecular formula is C11H13N3S2. The minimum Gasteiger partial charge on any atom is -0.359 e. The predicted molar refractivity (Wildman–Crippen MR) is 69.3 cm³/mol. The average molecular weight is 251 g/mol. The Bertz CT molecular complexity index is 511. The maximum absolute atomic E-state index is 4.61. The lowest BCUT2D eigenvalue weighted by atomic mass is 10.3. The minimum atomic E-state index is 0.670. The van der Waals surface area contributed by atoms with Crippen molar-refractivity contribution >= 4 is 27.8 Å². The number of anilines is 1. The summed E-state index contributed by atoms with van der Waals surface area (Å²) in [7, 11) is 0. The summed E-state index contributed by atoms with van der Waals surface area (Å²) in [4.78, 5) is 10.3. The first-order valence-electron chi connectivity index (χ1n) is 5.39. The Morgan fingerprint density at radius 3 is 2.75 bits per heavy atom. The Morgan fingerprint density at radius 1 is 1.31 bits per heavy atom. The van der Waals surface area contributed by atoms with Gasteiger partial charge >= 0.3 is 0 Å². The first-order valence-corrected chi connectivity index (χ1v) is 7.08. The van der Waals surface area contributed by atoms with Crippen LogP contribution in [0.2, 0.25) is 0 Å². The summed E-state index contributed by atoms with van der Waals surface area (Å²) in [6.07, 6.45) is 2.57. The van der Waals surface area contributed by atoms with E-state index in [0.717, 1.165) is 21.5 Å². The van der Waals surface area contributed by atoms with E-state index >= 15 is 0 Å². The first-order chi connectivity index (χ1) is 7.72. The van der Waals surface area contributed by atoms with Gasteiger partial charge in [0.1, 0.15) is 0 Å². The molecule has 2 aromatic heterocycles. The van der Waals surface area contributed by atoms with Crippen molar-refractivity contribution in [3.63, 3.8) is 0 Å². The smallest absolute Gasteiger partial charge is 0.183 e. The van der Waals surface area contributed by atoms with E-state index < -0.39 is 0 Å². The molecule has 2 aromatic rings. The van der Waals surface area contributed by atoms with Gasteiger partial charge in [0.2, 0.25) is 0 Å².